The summed E-state index contributed by atoms with van der Waals surface area (Å²) >= 11 is 1.90. The highest BCUT2D eigenvalue weighted by Crippen LogP contribution is 2.26. The molecule has 0 aromatic heterocycles. The van der Waals surface area contributed by atoms with E-state index in [2.05, 4.69) is 11.6 Å². The first-order valence-electron chi connectivity index (χ1n) is 6.12. The summed E-state index contributed by atoms with van der Waals surface area (Å²) < 4.78 is 0. The molecule has 3 nitrogen and oxygen atoms in total. The summed E-state index contributed by atoms with van der Waals surface area (Å²) in [5, 5.41) is 12.9. The van der Waals surface area contributed by atoms with Crippen LogP contribution >= 0.6 is 11.8 Å². The number of amides is 1. The summed E-state index contributed by atoms with van der Waals surface area (Å²) in [6, 6.07) is 0.354. The predicted octanol–water partition coefficient (Wildman–Crippen LogP) is 1.94. The Balaban J connectivity index is 2.22. The molecule has 3 atom stereocenters. The lowest BCUT2D eigenvalue weighted by molar-refractivity contribution is -0.122. The zero-order valence-corrected chi connectivity index (χ0v) is 11.1. The van der Waals surface area contributed by atoms with Crippen LogP contribution in [0.1, 0.15) is 45.4 Å². The quantitative estimate of drug-likeness (QED) is 0.778. The monoisotopic (exact) mass is 245 g/mol. The van der Waals surface area contributed by atoms with Gasteiger partial charge in [-0.2, -0.15) is 11.8 Å². The lowest BCUT2D eigenvalue weighted by Crippen LogP contribution is -2.39. The molecule has 0 radical (unpaired) electrons. The average Bonchev–Trinajstić information content (AvgIpc) is 2.26. The van der Waals surface area contributed by atoms with Gasteiger partial charge >= 0.3 is 0 Å². The Morgan fingerprint density at radius 2 is 2.31 bits per heavy atom. The molecule has 1 fully saturated rings. The van der Waals surface area contributed by atoms with E-state index in [1.165, 1.54) is 12.8 Å². The Kier molecular flexibility index (Phi) is 6.21. The van der Waals surface area contributed by atoms with Crippen LogP contribution in [0.3, 0.4) is 0 Å². The maximum Gasteiger partial charge on any atom is 0.220 e. The normalized spacial score (nSPS) is 27.4. The highest BCUT2D eigenvalue weighted by molar-refractivity contribution is 7.99. The zero-order chi connectivity index (χ0) is 12.0. The molecule has 1 aliphatic rings. The number of thioether (sulfide) groups is 1. The molecular weight excluding hydrogens is 222 g/mol. The molecule has 3 unspecified atom stereocenters. The van der Waals surface area contributed by atoms with Crippen molar-refractivity contribution in [3.05, 3.63) is 0 Å². The third kappa shape index (κ3) is 5.21. The van der Waals surface area contributed by atoms with Gasteiger partial charge in [0.25, 0.3) is 0 Å². The molecule has 94 valence electrons. The van der Waals surface area contributed by atoms with Crippen molar-refractivity contribution in [1.29, 1.82) is 0 Å². The predicted molar refractivity (Wildman–Crippen MR) is 68.6 cm³/mol. The molecule has 4 heteroatoms. The molecule has 1 rings (SSSR count). The van der Waals surface area contributed by atoms with Crippen LogP contribution in [0.15, 0.2) is 0 Å². The fourth-order valence-electron chi connectivity index (χ4n) is 2.13. The topological polar surface area (TPSA) is 49.3 Å². The van der Waals surface area contributed by atoms with Gasteiger partial charge in [-0.15, -0.1) is 0 Å². The van der Waals surface area contributed by atoms with Gasteiger partial charge < -0.3 is 10.4 Å². The molecule has 0 aliphatic heterocycles. The third-order valence-electron chi connectivity index (χ3n) is 3.11. The Labute approximate surface area is 102 Å². The lowest BCUT2D eigenvalue weighted by atomic mass is 9.95. The summed E-state index contributed by atoms with van der Waals surface area (Å²) in [7, 11) is 0. The smallest absolute Gasteiger partial charge is 0.220 e. The van der Waals surface area contributed by atoms with Crippen molar-refractivity contribution >= 4 is 17.7 Å². The Hall–Kier alpha value is -0.220. The van der Waals surface area contributed by atoms with E-state index in [1.807, 2.05) is 11.8 Å². The molecular formula is C12H23NO2S. The SMILES string of the molecule is CSC1CCCC(NC(=O)CCC(C)O)C1. The van der Waals surface area contributed by atoms with Crippen LogP contribution in [-0.4, -0.2) is 34.7 Å². The van der Waals surface area contributed by atoms with Crippen LogP contribution in [-0.2, 0) is 4.79 Å². The van der Waals surface area contributed by atoms with Crippen LogP contribution in [0.2, 0.25) is 0 Å². The zero-order valence-electron chi connectivity index (χ0n) is 10.2. The van der Waals surface area contributed by atoms with Crippen LogP contribution in [0.4, 0.5) is 0 Å². The third-order valence-corrected chi connectivity index (χ3v) is 4.21. The van der Waals surface area contributed by atoms with Crippen molar-refractivity contribution in [2.24, 2.45) is 0 Å². The lowest BCUT2D eigenvalue weighted by Gasteiger charge is -2.28. The number of carbonyl (C=O) groups excluding carboxylic acids is 1. The summed E-state index contributed by atoms with van der Waals surface area (Å²) in [4.78, 5) is 11.6. The second-order valence-corrected chi connectivity index (χ2v) is 5.81. The van der Waals surface area contributed by atoms with E-state index in [9.17, 15) is 4.79 Å². The molecule has 0 bridgehead atoms. The molecule has 0 saturated heterocycles. The average molecular weight is 245 g/mol. The molecule has 0 heterocycles. The van der Waals surface area contributed by atoms with E-state index in [-0.39, 0.29) is 12.0 Å². The van der Waals surface area contributed by atoms with Crippen molar-refractivity contribution < 1.29 is 9.90 Å². The van der Waals surface area contributed by atoms with Crippen molar-refractivity contribution in [3.8, 4) is 0 Å². The number of nitrogens with one attached hydrogen (secondary N) is 1. The number of rotatable bonds is 5. The first kappa shape index (κ1) is 13.8. The van der Waals surface area contributed by atoms with E-state index in [0.29, 0.717) is 24.1 Å². The summed E-state index contributed by atoms with van der Waals surface area (Å²) in [5.74, 6) is 0.0904. The number of aliphatic hydroxyl groups is 1. The summed E-state index contributed by atoms with van der Waals surface area (Å²) in [6.07, 6.45) is 7.47. The minimum atomic E-state index is -0.379. The van der Waals surface area contributed by atoms with Gasteiger partial charge in [-0.3, -0.25) is 4.79 Å². The van der Waals surface area contributed by atoms with E-state index in [0.717, 1.165) is 12.8 Å². The van der Waals surface area contributed by atoms with Crippen LogP contribution in [0, 0.1) is 0 Å². The molecule has 0 aromatic carbocycles. The largest absolute Gasteiger partial charge is 0.393 e. The second-order valence-electron chi connectivity index (χ2n) is 4.68. The van der Waals surface area contributed by atoms with Gasteiger partial charge in [-0.05, 0) is 38.9 Å². The molecule has 0 aromatic rings. The Bertz CT molecular complexity index is 221. The molecule has 1 amide bonds. The highest BCUT2D eigenvalue weighted by Gasteiger charge is 2.22. The van der Waals surface area contributed by atoms with Crippen LogP contribution < -0.4 is 5.32 Å². The maximum absolute atomic E-state index is 11.6. The standard InChI is InChI=1S/C12H23NO2S/c1-9(14)6-7-12(15)13-10-4-3-5-11(8-10)16-2/h9-11,14H,3-8H2,1-2H3,(H,13,15). The summed E-state index contributed by atoms with van der Waals surface area (Å²) in [6.45, 7) is 1.72. The second kappa shape index (κ2) is 7.17. The number of hydrogen-bond donors (Lipinski definition) is 2. The van der Waals surface area contributed by atoms with Gasteiger partial charge in [-0.1, -0.05) is 6.42 Å². The van der Waals surface area contributed by atoms with E-state index in [1.54, 1.807) is 6.92 Å². The van der Waals surface area contributed by atoms with Crippen molar-refractivity contribution in [2.75, 3.05) is 6.26 Å². The maximum atomic E-state index is 11.6. The Morgan fingerprint density at radius 1 is 1.56 bits per heavy atom. The number of aliphatic hydroxyl groups excluding tert-OH is 1. The van der Waals surface area contributed by atoms with Crippen molar-refractivity contribution in [1.82, 2.24) is 5.32 Å². The van der Waals surface area contributed by atoms with E-state index >= 15 is 0 Å². The van der Waals surface area contributed by atoms with Crippen molar-refractivity contribution in [2.45, 2.75) is 62.8 Å². The highest BCUT2D eigenvalue weighted by atomic mass is 32.2. The first-order chi connectivity index (χ1) is 7.61. The molecule has 0 spiro atoms. The van der Waals surface area contributed by atoms with Gasteiger partial charge in [0.05, 0.1) is 6.10 Å². The number of carbonyl (C=O) groups is 1. The minimum Gasteiger partial charge on any atom is -0.393 e. The van der Waals surface area contributed by atoms with Crippen LogP contribution in [0.5, 0.6) is 0 Å². The van der Waals surface area contributed by atoms with Gasteiger partial charge in [0.1, 0.15) is 0 Å². The molecule has 2 N–H and O–H groups in total. The number of hydrogen-bond acceptors (Lipinski definition) is 3. The molecule has 16 heavy (non-hydrogen) atoms. The Morgan fingerprint density at radius 3 is 2.94 bits per heavy atom. The van der Waals surface area contributed by atoms with Crippen LogP contribution in [0.25, 0.3) is 0 Å². The van der Waals surface area contributed by atoms with Gasteiger partial charge in [-0.25, -0.2) is 0 Å². The van der Waals surface area contributed by atoms with Gasteiger partial charge in [0, 0.05) is 17.7 Å². The fourth-order valence-corrected chi connectivity index (χ4v) is 2.96. The first-order valence-corrected chi connectivity index (χ1v) is 7.40. The molecule has 1 aliphatic carbocycles. The minimum absolute atomic E-state index is 0.0904. The van der Waals surface area contributed by atoms with Crippen molar-refractivity contribution in [3.63, 3.8) is 0 Å². The fraction of sp³-hybridized carbons (Fsp3) is 0.917. The molecule has 1 saturated carbocycles. The van der Waals surface area contributed by atoms with E-state index < -0.39 is 0 Å². The summed E-state index contributed by atoms with van der Waals surface area (Å²) in [5.41, 5.74) is 0. The van der Waals surface area contributed by atoms with E-state index in [4.69, 9.17) is 5.11 Å². The van der Waals surface area contributed by atoms with Gasteiger partial charge in [0.15, 0.2) is 0 Å². The van der Waals surface area contributed by atoms with Gasteiger partial charge in [0.2, 0.25) is 5.91 Å².